The van der Waals surface area contributed by atoms with Crippen molar-refractivity contribution in [3.63, 3.8) is 0 Å². The molecule has 18 heavy (non-hydrogen) atoms. The van der Waals surface area contributed by atoms with Crippen molar-refractivity contribution in [2.24, 2.45) is 0 Å². The molecule has 1 aromatic carbocycles. The lowest BCUT2D eigenvalue weighted by molar-refractivity contribution is 0.0698. The molecular formula is C12H15NO4S. The van der Waals surface area contributed by atoms with E-state index in [-0.39, 0.29) is 17.9 Å². The number of nitrogens with one attached hydrogen (secondary N) is 1. The molecule has 1 aliphatic rings. The van der Waals surface area contributed by atoms with Crippen molar-refractivity contribution >= 4 is 21.5 Å². The summed E-state index contributed by atoms with van der Waals surface area (Å²) in [5, 5.41) is 11.5. The Morgan fingerprint density at radius 2 is 2.11 bits per heavy atom. The molecule has 6 heteroatoms. The van der Waals surface area contributed by atoms with Gasteiger partial charge in [-0.05, 0) is 25.0 Å². The van der Waals surface area contributed by atoms with Gasteiger partial charge in [-0.2, -0.15) is 0 Å². The van der Waals surface area contributed by atoms with Crippen LogP contribution in [0.15, 0.2) is 24.3 Å². The number of carboxylic acids is 1. The minimum Gasteiger partial charge on any atom is -0.478 e. The maximum Gasteiger partial charge on any atom is 0.337 e. The van der Waals surface area contributed by atoms with Gasteiger partial charge in [-0.1, -0.05) is 12.1 Å². The highest BCUT2D eigenvalue weighted by Crippen LogP contribution is 2.21. The van der Waals surface area contributed by atoms with Gasteiger partial charge in [0.2, 0.25) is 0 Å². The number of hydrogen-bond donors (Lipinski definition) is 2. The predicted molar refractivity (Wildman–Crippen MR) is 68.7 cm³/mol. The SMILES string of the molecule is O=C(O)c1ccccc1NCC1CCCS1(=O)=O. The van der Waals surface area contributed by atoms with E-state index in [2.05, 4.69) is 5.32 Å². The first-order valence-electron chi connectivity index (χ1n) is 5.78. The molecule has 1 unspecified atom stereocenters. The summed E-state index contributed by atoms with van der Waals surface area (Å²) in [6.07, 6.45) is 1.33. The first-order valence-corrected chi connectivity index (χ1v) is 7.50. The fourth-order valence-electron chi connectivity index (χ4n) is 2.13. The monoisotopic (exact) mass is 269 g/mol. The molecule has 0 bridgehead atoms. The van der Waals surface area contributed by atoms with E-state index < -0.39 is 21.1 Å². The Hall–Kier alpha value is -1.56. The van der Waals surface area contributed by atoms with Crippen molar-refractivity contribution in [2.45, 2.75) is 18.1 Å². The zero-order chi connectivity index (χ0) is 13.2. The van der Waals surface area contributed by atoms with Crippen molar-refractivity contribution in [3.8, 4) is 0 Å². The Kier molecular flexibility index (Phi) is 3.56. The molecular weight excluding hydrogens is 254 g/mol. The Balaban J connectivity index is 2.09. The van der Waals surface area contributed by atoms with Crippen molar-refractivity contribution < 1.29 is 18.3 Å². The van der Waals surface area contributed by atoms with Crippen LogP contribution in [0.2, 0.25) is 0 Å². The van der Waals surface area contributed by atoms with Crippen LogP contribution in [0.25, 0.3) is 0 Å². The Morgan fingerprint density at radius 3 is 2.72 bits per heavy atom. The molecule has 0 spiro atoms. The predicted octanol–water partition coefficient (Wildman–Crippen LogP) is 1.37. The van der Waals surface area contributed by atoms with E-state index in [9.17, 15) is 13.2 Å². The molecule has 1 atom stereocenters. The first-order chi connectivity index (χ1) is 8.50. The Morgan fingerprint density at radius 1 is 1.39 bits per heavy atom. The van der Waals surface area contributed by atoms with Crippen molar-refractivity contribution in [3.05, 3.63) is 29.8 Å². The van der Waals surface area contributed by atoms with Crippen LogP contribution >= 0.6 is 0 Å². The summed E-state index contributed by atoms with van der Waals surface area (Å²) >= 11 is 0. The standard InChI is InChI=1S/C12H15NO4S/c14-12(15)10-5-1-2-6-11(10)13-8-9-4-3-7-18(9,16)17/h1-2,5-6,9,13H,3-4,7-8H2,(H,14,15). The van der Waals surface area contributed by atoms with Crippen LogP contribution < -0.4 is 5.32 Å². The van der Waals surface area contributed by atoms with E-state index in [1.807, 2.05) is 0 Å². The van der Waals surface area contributed by atoms with Gasteiger partial charge in [-0.3, -0.25) is 0 Å². The van der Waals surface area contributed by atoms with Gasteiger partial charge in [0.1, 0.15) is 0 Å². The van der Waals surface area contributed by atoms with Crippen molar-refractivity contribution in [2.75, 3.05) is 17.6 Å². The molecule has 0 amide bonds. The largest absolute Gasteiger partial charge is 0.478 e. The van der Waals surface area contributed by atoms with E-state index >= 15 is 0 Å². The molecule has 0 aromatic heterocycles. The van der Waals surface area contributed by atoms with Crippen LogP contribution in [0.4, 0.5) is 5.69 Å². The van der Waals surface area contributed by atoms with Crippen LogP contribution in [-0.4, -0.2) is 37.0 Å². The lowest BCUT2D eigenvalue weighted by Crippen LogP contribution is -2.25. The van der Waals surface area contributed by atoms with Gasteiger partial charge in [-0.25, -0.2) is 13.2 Å². The van der Waals surface area contributed by atoms with E-state index in [4.69, 9.17) is 5.11 Å². The second-order valence-corrected chi connectivity index (χ2v) is 6.76. The topological polar surface area (TPSA) is 83.5 Å². The molecule has 1 aromatic rings. The van der Waals surface area contributed by atoms with E-state index in [1.54, 1.807) is 18.2 Å². The van der Waals surface area contributed by atoms with E-state index in [0.29, 0.717) is 18.5 Å². The highest BCUT2D eigenvalue weighted by molar-refractivity contribution is 7.92. The Bertz CT molecular complexity index is 553. The summed E-state index contributed by atoms with van der Waals surface area (Å²) in [5.41, 5.74) is 0.625. The summed E-state index contributed by atoms with van der Waals surface area (Å²) in [5.74, 6) is -0.785. The first kappa shape index (κ1) is 12.9. The molecule has 1 heterocycles. The lowest BCUT2D eigenvalue weighted by atomic mass is 10.1. The van der Waals surface area contributed by atoms with Gasteiger partial charge in [0, 0.05) is 12.2 Å². The number of benzene rings is 1. The van der Waals surface area contributed by atoms with Crippen LogP contribution in [0.1, 0.15) is 23.2 Å². The second kappa shape index (κ2) is 4.97. The summed E-state index contributed by atoms with van der Waals surface area (Å²) < 4.78 is 23.3. The smallest absolute Gasteiger partial charge is 0.337 e. The molecule has 0 saturated carbocycles. The zero-order valence-corrected chi connectivity index (χ0v) is 10.6. The molecule has 0 radical (unpaired) electrons. The number of para-hydroxylation sites is 1. The average molecular weight is 269 g/mol. The third-order valence-electron chi connectivity index (χ3n) is 3.14. The third-order valence-corrected chi connectivity index (χ3v) is 5.42. The second-order valence-electron chi connectivity index (χ2n) is 4.36. The minimum atomic E-state index is -3.00. The summed E-state index contributed by atoms with van der Waals surface area (Å²) in [4.78, 5) is 11.0. The van der Waals surface area contributed by atoms with Crippen LogP contribution in [0.3, 0.4) is 0 Å². The molecule has 98 valence electrons. The number of rotatable bonds is 4. The molecule has 1 aliphatic heterocycles. The van der Waals surface area contributed by atoms with Crippen molar-refractivity contribution in [1.29, 1.82) is 0 Å². The third kappa shape index (κ3) is 2.64. The van der Waals surface area contributed by atoms with Crippen LogP contribution in [0, 0.1) is 0 Å². The lowest BCUT2D eigenvalue weighted by Gasteiger charge is -2.13. The molecule has 1 fully saturated rings. The summed E-state index contributed by atoms with van der Waals surface area (Å²) in [6, 6.07) is 6.50. The Labute approximate surface area is 106 Å². The fraction of sp³-hybridized carbons (Fsp3) is 0.417. The number of aromatic carboxylic acids is 1. The normalized spacial score (nSPS) is 21.7. The number of anilines is 1. The van der Waals surface area contributed by atoms with Crippen LogP contribution in [-0.2, 0) is 9.84 Å². The van der Waals surface area contributed by atoms with Gasteiger partial charge in [0.15, 0.2) is 9.84 Å². The van der Waals surface area contributed by atoms with Gasteiger partial charge < -0.3 is 10.4 Å². The van der Waals surface area contributed by atoms with E-state index in [0.717, 1.165) is 0 Å². The molecule has 0 aliphatic carbocycles. The highest BCUT2D eigenvalue weighted by Gasteiger charge is 2.31. The average Bonchev–Trinajstić information content (AvgIpc) is 2.66. The molecule has 5 nitrogen and oxygen atoms in total. The highest BCUT2D eigenvalue weighted by atomic mass is 32.2. The number of carbonyl (C=O) groups is 1. The van der Waals surface area contributed by atoms with Gasteiger partial charge in [0.25, 0.3) is 0 Å². The summed E-state index contributed by atoms with van der Waals surface area (Å²) in [7, 11) is -3.00. The van der Waals surface area contributed by atoms with E-state index in [1.165, 1.54) is 6.07 Å². The minimum absolute atomic E-state index is 0.160. The fourth-order valence-corrected chi connectivity index (χ4v) is 3.90. The number of hydrogen-bond acceptors (Lipinski definition) is 4. The van der Waals surface area contributed by atoms with Crippen LogP contribution in [0.5, 0.6) is 0 Å². The quantitative estimate of drug-likeness (QED) is 0.862. The van der Waals surface area contributed by atoms with Gasteiger partial charge >= 0.3 is 5.97 Å². The number of carboxylic acid groups (broad SMARTS) is 1. The van der Waals surface area contributed by atoms with Gasteiger partial charge in [0.05, 0.1) is 16.6 Å². The maximum atomic E-state index is 11.6. The molecule has 2 rings (SSSR count). The summed E-state index contributed by atoms with van der Waals surface area (Å²) in [6.45, 7) is 0.270. The molecule has 1 saturated heterocycles. The molecule has 2 N–H and O–H groups in total. The maximum absolute atomic E-state index is 11.6. The number of sulfone groups is 1. The van der Waals surface area contributed by atoms with Gasteiger partial charge in [-0.15, -0.1) is 0 Å². The van der Waals surface area contributed by atoms with Crippen molar-refractivity contribution in [1.82, 2.24) is 0 Å². The zero-order valence-electron chi connectivity index (χ0n) is 9.80.